The second kappa shape index (κ2) is 7.57. The maximum absolute atomic E-state index is 12.8. The highest BCUT2D eigenvalue weighted by atomic mass is 32.1. The standard InChI is InChI=1S/C22H23N5OS/c1-15-21(19-5-3-11-29-19)25-27-20(28)12-18(24-22(15)27)17-6-9-26(10-7-17)14-16-4-2-8-23-13-16/h2-5,8,11-13,17,25H,6-7,9-10,14H2,1H3. The van der Waals surface area contributed by atoms with E-state index in [1.807, 2.05) is 36.8 Å². The Morgan fingerprint density at radius 3 is 2.83 bits per heavy atom. The van der Waals surface area contributed by atoms with Gasteiger partial charge in [0.05, 0.1) is 16.3 Å². The number of aromatic nitrogens is 4. The molecule has 0 radical (unpaired) electrons. The zero-order valence-corrected chi connectivity index (χ0v) is 17.2. The van der Waals surface area contributed by atoms with Crippen molar-refractivity contribution in [3.8, 4) is 10.6 Å². The quantitative estimate of drug-likeness (QED) is 0.560. The van der Waals surface area contributed by atoms with Gasteiger partial charge in [0.2, 0.25) is 0 Å². The fourth-order valence-corrected chi connectivity index (χ4v) is 4.95. The zero-order valence-electron chi connectivity index (χ0n) is 16.3. The van der Waals surface area contributed by atoms with Crippen LogP contribution < -0.4 is 5.56 Å². The van der Waals surface area contributed by atoms with Crippen molar-refractivity contribution in [2.75, 3.05) is 13.1 Å². The highest BCUT2D eigenvalue weighted by Crippen LogP contribution is 2.30. The number of H-pyrrole nitrogens is 1. The number of hydrogen-bond donors (Lipinski definition) is 1. The number of likely N-dealkylation sites (tertiary alicyclic amines) is 1. The molecule has 6 nitrogen and oxygen atoms in total. The van der Waals surface area contributed by atoms with Crippen molar-refractivity contribution in [1.82, 2.24) is 24.5 Å². The van der Waals surface area contributed by atoms with Gasteiger partial charge in [-0.15, -0.1) is 11.3 Å². The first-order valence-electron chi connectivity index (χ1n) is 9.96. The molecule has 1 fully saturated rings. The van der Waals surface area contributed by atoms with Gasteiger partial charge in [-0.05, 0) is 55.9 Å². The highest BCUT2D eigenvalue weighted by Gasteiger charge is 2.23. The zero-order chi connectivity index (χ0) is 19.8. The SMILES string of the molecule is Cc1c(-c2cccs2)[nH]n2c(=O)cc(C3CCN(Cc4cccnc4)CC3)nc12. The molecule has 7 heteroatoms. The van der Waals surface area contributed by atoms with E-state index in [1.165, 1.54) is 5.56 Å². The van der Waals surface area contributed by atoms with E-state index in [0.29, 0.717) is 5.92 Å². The van der Waals surface area contributed by atoms with Gasteiger partial charge in [-0.2, -0.15) is 0 Å². The van der Waals surface area contributed by atoms with Crippen molar-refractivity contribution >= 4 is 17.0 Å². The molecule has 5 rings (SSSR count). The molecule has 0 atom stereocenters. The minimum Gasteiger partial charge on any atom is -0.299 e. The van der Waals surface area contributed by atoms with Crippen LogP contribution in [0.1, 0.15) is 35.6 Å². The summed E-state index contributed by atoms with van der Waals surface area (Å²) in [6, 6.07) is 9.90. The molecule has 0 unspecified atom stereocenters. The molecule has 0 spiro atoms. The van der Waals surface area contributed by atoms with E-state index in [4.69, 9.17) is 4.98 Å². The number of fused-ring (bicyclic) bond motifs is 1. The Labute approximate surface area is 172 Å². The van der Waals surface area contributed by atoms with Gasteiger partial charge >= 0.3 is 0 Å². The van der Waals surface area contributed by atoms with Gasteiger partial charge in [0.15, 0.2) is 5.65 Å². The van der Waals surface area contributed by atoms with Gasteiger partial charge in [-0.3, -0.25) is 19.8 Å². The summed E-state index contributed by atoms with van der Waals surface area (Å²) in [7, 11) is 0. The van der Waals surface area contributed by atoms with Gasteiger partial charge in [-0.25, -0.2) is 9.50 Å². The van der Waals surface area contributed by atoms with Crippen LogP contribution in [0.15, 0.2) is 52.9 Å². The third-order valence-corrected chi connectivity index (χ3v) is 6.66. The summed E-state index contributed by atoms with van der Waals surface area (Å²) < 4.78 is 1.57. The van der Waals surface area contributed by atoms with Crippen LogP contribution in [-0.2, 0) is 6.54 Å². The van der Waals surface area contributed by atoms with Gasteiger partial charge < -0.3 is 0 Å². The molecule has 29 heavy (non-hydrogen) atoms. The average Bonchev–Trinajstić information content (AvgIpc) is 3.38. The number of nitrogens with zero attached hydrogens (tertiary/aromatic N) is 4. The lowest BCUT2D eigenvalue weighted by Gasteiger charge is -2.31. The van der Waals surface area contributed by atoms with Crippen molar-refractivity contribution in [3.63, 3.8) is 0 Å². The molecule has 148 valence electrons. The van der Waals surface area contributed by atoms with Crippen LogP contribution in [0.25, 0.3) is 16.2 Å². The van der Waals surface area contributed by atoms with Crippen LogP contribution in [0.5, 0.6) is 0 Å². The fraction of sp³-hybridized carbons (Fsp3) is 0.318. The van der Waals surface area contributed by atoms with Crippen LogP contribution >= 0.6 is 11.3 Å². The van der Waals surface area contributed by atoms with E-state index in [1.54, 1.807) is 21.9 Å². The first kappa shape index (κ1) is 18.3. The number of thiophene rings is 1. The molecule has 4 aromatic rings. The molecular formula is C22H23N5OS. The number of pyridine rings is 1. The van der Waals surface area contributed by atoms with E-state index in [2.05, 4.69) is 27.1 Å². The summed E-state index contributed by atoms with van der Waals surface area (Å²) in [6.45, 7) is 4.98. The normalized spacial score (nSPS) is 15.9. The number of aryl methyl sites for hydroxylation is 1. The van der Waals surface area contributed by atoms with E-state index < -0.39 is 0 Å². The van der Waals surface area contributed by atoms with Crippen molar-refractivity contribution in [2.45, 2.75) is 32.2 Å². The highest BCUT2D eigenvalue weighted by molar-refractivity contribution is 7.13. The Morgan fingerprint density at radius 1 is 1.24 bits per heavy atom. The predicted molar refractivity (Wildman–Crippen MR) is 115 cm³/mol. The monoisotopic (exact) mass is 405 g/mol. The second-order valence-corrected chi connectivity index (χ2v) is 8.63. The summed E-state index contributed by atoms with van der Waals surface area (Å²) in [6.07, 6.45) is 5.78. The molecule has 1 aliphatic rings. The number of hydrogen-bond acceptors (Lipinski definition) is 5. The third kappa shape index (κ3) is 3.52. The minimum absolute atomic E-state index is 0.0336. The molecule has 4 aromatic heterocycles. The van der Waals surface area contributed by atoms with Gasteiger partial charge in [0.25, 0.3) is 5.56 Å². The Bertz CT molecular complexity index is 1170. The van der Waals surface area contributed by atoms with Crippen LogP contribution in [0.2, 0.25) is 0 Å². The molecular weight excluding hydrogens is 382 g/mol. The number of nitrogens with one attached hydrogen (secondary N) is 1. The van der Waals surface area contributed by atoms with Crippen LogP contribution in [-0.4, -0.2) is 37.6 Å². The first-order chi connectivity index (χ1) is 14.2. The Kier molecular flexibility index (Phi) is 4.77. The number of aromatic amines is 1. The topological polar surface area (TPSA) is 66.3 Å². The van der Waals surface area contributed by atoms with Crippen LogP contribution in [0.3, 0.4) is 0 Å². The Balaban J connectivity index is 1.37. The second-order valence-electron chi connectivity index (χ2n) is 7.68. The smallest absolute Gasteiger partial charge is 0.272 e. The lowest BCUT2D eigenvalue weighted by atomic mass is 9.93. The van der Waals surface area contributed by atoms with Crippen molar-refractivity contribution in [2.24, 2.45) is 0 Å². The third-order valence-electron chi connectivity index (χ3n) is 5.77. The van der Waals surface area contributed by atoms with Crippen molar-refractivity contribution in [1.29, 1.82) is 0 Å². The summed E-state index contributed by atoms with van der Waals surface area (Å²) in [4.78, 5) is 25.4. The lowest BCUT2D eigenvalue weighted by Crippen LogP contribution is -2.33. The largest absolute Gasteiger partial charge is 0.299 e. The first-order valence-corrected chi connectivity index (χ1v) is 10.8. The summed E-state index contributed by atoms with van der Waals surface area (Å²) in [5.41, 5.74) is 4.89. The fourth-order valence-electron chi connectivity index (χ4n) is 4.17. The summed E-state index contributed by atoms with van der Waals surface area (Å²) in [5.74, 6) is 0.331. The summed E-state index contributed by atoms with van der Waals surface area (Å²) in [5, 5.41) is 5.28. The van der Waals surface area contributed by atoms with Crippen LogP contribution in [0, 0.1) is 6.92 Å². The van der Waals surface area contributed by atoms with E-state index >= 15 is 0 Å². The van der Waals surface area contributed by atoms with Gasteiger partial charge in [0.1, 0.15) is 0 Å². The van der Waals surface area contributed by atoms with Crippen LogP contribution in [0.4, 0.5) is 0 Å². The van der Waals surface area contributed by atoms with E-state index in [0.717, 1.165) is 60.0 Å². The molecule has 0 bridgehead atoms. The molecule has 0 aliphatic carbocycles. The number of rotatable bonds is 4. The molecule has 0 aromatic carbocycles. The molecule has 0 saturated carbocycles. The average molecular weight is 406 g/mol. The molecule has 1 aliphatic heterocycles. The van der Waals surface area contributed by atoms with Gasteiger partial charge in [0, 0.05) is 36.5 Å². The Hall–Kier alpha value is -2.77. The predicted octanol–water partition coefficient (Wildman–Crippen LogP) is 3.83. The Morgan fingerprint density at radius 2 is 2.10 bits per heavy atom. The number of piperidine rings is 1. The lowest BCUT2D eigenvalue weighted by molar-refractivity contribution is 0.203. The van der Waals surface area contributed by atoms with E-state index in [9.17, 15) is 4.79 Å². The maximum Gasteiger partial charge on any atom is 0.272 e. The molecule has 0 amide bonds. The van der Waals surface area contributed by atoms with E-state index in [-0.39, 0.29) is 5.56 Å². The maximum atomic E-state index is 12.8. The molecule has 5 heterocycles. The minimum atomic E-state index is -0.0336. The molecule has 1 saturated heterocycles. The van der Waals surface area contributed by atoms with Crippen molar-refractivity contribution in [3.05, 3.63) is 75.3 Å². The summed E-state index contributed by atoms with van der Waals surface area (Å²) >= 11 is 1.66. The van der Waals surface area contributed by atoms with Crippen molar-refractivity contribution < 1.29 is 0 Å². The molecule has 1 N–H and O–H groups in total. The van der Waals surface area contributed by atoms with Gasteiger partial charge in [-0.1, -0.05) is 12.1 Å².